The molecule has 0 amide bonds. The van der Waals surface area contributed by atoms with E-state index < -0.39 is 10.3 Å². The Hall–Kier alpha value is -1.15. The van der Waals surface area contributed by atoms with Crippen molar-refractivity contribution in [2.24, 2.45) is 0 Å². The van der Waals surface area contributed by atoms with Crippen LogP contribution < -0.4 is 9.46 Å². The van der Waals surface area contributed by atoms with Gasteiger partial charge in [0.1, 0.15) is 5.75 Å². The maximum atomic E-state index is 10.6. The average Bonchev–Trinajstić information content (AvgIpc) is 2.61. The summed E-state index contributed by atoms with van der Waals surface area (Å²) in [6.45, 7) is 6.76. The lowest BCUT2D eigenvalue weighted by molar-refractivity contribution is -0.0981. The Morgan fingerprint density at radius 2 is 2.14 bits per heavy atom. The van der Waals surface area contributed by atoms with Crippen molar-refractivity contribution in [3.63, 3.8) is 0 Å². The molecule has 1 unspecified atom stereocenters. The molecule has 21 heavy (non-hydrogen) atoms. The smallest absolute Gasteiger partial charge is 0.333 e. The highest BCUT2D eigenvalue weighted by atomic mass is 32.2. The molecule has 1 aliphatic heterocycles. The normalized spacial score (nSPS) is 20.1. The van der Waals surface area contributed by atoms with Gasteiger partial charge in [-0.1, -0.05) is 12.1 Å². The fourth-order valence-corrected chi connectivity index (χ4v) is 2.81. The van der Waals surface area contributed by atoms with Gasteiger partial charge in [0.2, 0.25) is 6.29 Å². The Balaban J connectivity index is 2.12. The van der Waals surface area contributed by atoms with Gasteiger partial charge in [-0.15, -0.1) is 0 Å². The molecule has 1 atom stereocenters. The second-order valence-electron chi connectivity index (χ2n) is 5.58. The van der Waals surface area contributed by atoms with Gasteiger partial charge in [0.25, 0.3) is 0 Å². The van der Waals surface area contributed by atoms with Crippen molar-refractivity contribution in [3.05, 3.63) is 29.3 Å². The summed E-state index contributed by atoms with van der Waals surface area (Å²) < 4.78 is 43.4. The predicted octanol–water partition coefficient (Wildman–Crippen LogP) is 1.65. The summed E-state index contributed by atoms with van der Waals surface area (Å²) in [5.41, 5.74) is 1.75. The van der Waals surface area contributed by atoms with Crippen molar-refractivity contribution in [2.75, 3.05) is 13.2 Å². The van der Waals surface area contributed by atoms with Crippen molar-refractivity contribution in [1.29, 1.82) is 0 Å². The molecule has 0 bridgehead atoms. The van der Waals surface area contributed by atoms with E-state index in [1.807, 2.05) is 25.1 Å². The number of fused-ring (bicyclic) bond motifs is 1. The van der Waals surface area contributed by atoms with Gasteiger partial charge in [0.15, 0.2) is 0 Å². The Morgan fingerprint density at radius 1 is 1.43 bits per heavy atom. The molecule has 0 saturated carbocycles. The number of rotatable bonds is 6. The van der Waals surface area contributed by atoms with E-state index in [-0.39, 0.29) is 18.2 Å². The summed E-state index contributed by atoms with van der Waals surface area (Å²) >= 11 is 0. The zero-order valence-electron chi connectivity index (χ0n) is 12.4. The van der Waals surface area contributed by atoms with Gasteiger partial charge in [-0.25, -0.2) is 0 Å². The molecule has 0 saturated heterocycles. The van der Waals surface area contributed by atoms with Crippen molar-refractivity contribution in [1.82, 2.24) is 4.72 Å². The molecule has 1 aromatic rings. The molecular weight excluding hydrogens is 294 g/mol. The van der Waals surface area contributed by atoms with Gasteiger partial charge >= 0.3 is 10.3 Å². The first-order valence-corrected chi connectivity index (χ1v) is 8.32. The Morgan fingerprint density at radius 3 is 2.76 bits per heavy atom. The molecule has 1 aromatic carbocycles. The lowest BCUT2D eigenvalue weighted by Crippen LogP contribution is -2.34. The summed E-state index contributed by atoms with van der Waals surface area (Å²) in [5.74, 6) is 0.796. The highest BCUT2D eigenvalue weighted by Crippen LogP contribution is 2.43. The number of ether oxygens (including phenoxy) is 2. The van der Waals surface area contributed by atoms with Gasteiger partial charge in [0.05, 0.1) is 5.41 Å². The lowest BCUT2D eigenvalue weighted by Gasteiger charge is -2.25. The summed E-state index contributed by atoms with van der Waals surface area (Å²) in [5, 5.41) is 0. The van der Waals surface area contributed by atoms with Gasteiger partial charge in [0, 0.05) is 18.7 Å². The molecule has 0 radical (unpaired) electrons. The van der Waals surface area contributed by atoms with Crippen LogP contribution in [-0.2, 0) is 26.9 Å². The molecule has 1 heterocycles. The van der Waals surface area contributed by atoms with Gasteiger partial charge < -0.3 is 9.47 Å². The van der Waals surface area contributed by atoms with Crippen molar-refractivity contribution in [3.8, 4) is 5.75 Å². The van der Waals surface area contributed by atoms with Gasteiger partial charge in [-0.2, -0.15) is 13.1 Å². The van der Waals surface area contributed by atoms with Crippen LogP contribution >= 0.6 is 0 Å². The van der Waals surface area contributed by atoms with E-state index >= 15 is 0 Å². The van der Waals surface area contributed by atoms with Crippen molar-refractivity contribution >= 4 is 10.3 Å². The third-order valence-corrected chi connectivity index (χ3v) is 4.15. The molecule has 0 aromatic heterocycles. The summed E-state index contributed by atoms with van der Waals surface area (Å²) in [6, 6.07) is 5.76. The Kier molecular flexibility index (Phi) is 4.57. The number of nitrogens with one attached hydrogen (secondary N) is 1. The molecule has 118 valence electrons. The molecular formula is C14H21NO5S. The minimum absolute atomic E-state index is 0.147. The molecule has 0 aliphatic carbocycles. The molecule has 6 nitrogen and oxygen atoms in total. The van der Waals surface area contributed by atoms with Gasteiger partial charge in [-0.05, 0) is 38.8 Å². The topological polar surface area (TPSA) is 84.9 Å². The summed E-state index contributed by atoms with van der Waals surface area (Å²) in [7, 11) is -4.14. The van der Waals surface area contributed by atoms with Crippen LogP contribution in [0, 0.1) is 0 Å². The zero-order chi connectivity index (χ0) is 15.7. The van der Waals surface area contributed by atoms with Gasteiger partial charge in [-0.3, -0.25) is 4.55 Å². The SMILES string of the molecule is CCOC1Oc2ccc(CCNS(=O)(=O)O)cc2C1(C)C. The Bertz CT molecular complexity index is 612. The molecule has 1 aliphatic rings. The predicted molar refractivity (Wildman–Crippen MR) is 78.8 cm³/mol. The largest absolute Gasteiger partial charge is 0.464 e. The van der Waals surface area contributed by atoms with E-state index in [4.69, 9.17) is 14.0 Å². The zero-order valence-corrected chi connectivity index (χ0v) is 13.2. The quantitative estimate of drug-likeness (QED) is 0.780. The van der Waals surface area contributed by atoms with Crippen LogP contribution in [0.4, 0.5) is 0 Å². The molecule has 2 N–H and O–H groups in total. The van der Waals surface area contributed by atoms with Crippen LogP contribution in [0.5, 0.6) is 5.75 Å². The third kappa shape index (κ3) is 3.74. The lowest BCUT2D eigenvalue weighted by atomic mass is 9.84. The number of benzene rings is 1. The summed E-state index contributed by atoms with van der Waals surface area (Å²) in [6.07, 6.45) is 0.173. The molecule has 7 heteroatoms. The van der Waals surface area contributed by atoms with Crippen LogP contribution in [-0.4, -0.2) is 32.4 Å². The van der Waals surface area contributed by atoms with Crippen LogP contribution in [0.3, 0.4) is 0 Å². The number of hydrogen-bond donors (Lipinski definition) is 2. The molecule has 0 spiro atoms. The number of hydrogen-bond acceptors (Lipinski definition) is 4. The Labute approximate surface area is 125 Å². The first kappa shape index (κ1) is 16.2. The summed E-state index contributed by atoms with van der Waals surface area (Å²) in [4.78, 5) is 0. The maximum Gasteiger partial charge on any atom is 0.333 e. The average molecular weight is 315 g/mol. The van der Waals surface area contributed by atoms with Crippen LogP contribution in [0.15, 0.2) is 18.2 Å². The first-order valence-electron chi connectivity index (χ1n) is 6.88. The third-order valence-electron chi connectivity index (χ3n) is 3.58. The minimum atomic E-state index is -4.14. The van der Waals surface area contributed by atoms with E-state index in [1.165, 1.54) is 0 Å². The fourth-order valence-electron chi connectivity index (χ4n) is 2.45. The van der Waals surface area contributed by atoms with E-state index in [1.54, 1.807) is 0 Å². The van der Waals surface area contributed by atoms with Crippen molar-refractivity contribution in [2.45, 2.75) is 38.9 Å². The van der Waals surface area contributed by atoms with E-state index in [0.717, 1.165) is 16.9 Å². The van der Waals surface area contributed by atoms with Crippen LogP contribution in [0.25, 0.3) is 0 Å². The maximum absolute atomic E-state index is 10.6. The van der Waals surface area contributed by atoms with Crippen LogP contribution in [0.2, 0.25) is 0 Å². The fraction of sp³-hybridized carbons (Fsp3) is 0.571. The van der Waals surface area contributed by atoms with Crippen molar-refractivity contribution < 1.29 is 22.4 Å². The van der Waals surface area contributed by atoms with E-state index in [0.29, 0.717) is 13.0 Å². The second-order valence-corrected chi connectivity index (χ2v) is 6.82. The minimum Gasteiger partial charge on any atom is -0.464 e. The highest BCUT2D eigenvalue weighted by molar-refractivity contribution is 7.83. The highest BCUT2D eigenvalue weighted by Gasteiger charge is 2.42. The standard InChI is InChI=1S/C14H21NO5S/c1-4-19-13-14(2,3)11-9-10(5-6-12(11)20-13)7-8-15-21(16,17)18/h5-6,9,13,15H,4,7-8H2,1-3H3,(H,16,17,18). The monoisotopic (exact) mass is 315 g/mol. The molecule has 2 rings (SSSR count). The molecule has 0 fully saturated rings. The van der Waals surface area contributed by atoms with E-state index in [2.05, 4.69) is 18.6 Å². The van der Waals surface area contributed by atoms with Crippen LogP contribution in [0.1, 0.15) is 31.9 Å². The first-order chi connectivity index (χ1) is 9.74. The van der Waals surface area contributed by atoms with E-state index in [9.17, 15) is 8.42 Å². The second kappa shape index (κ2) is 5.92.